The molecule has 0 amide bonds. The average Bonchev–Trinajstić information content (AvgIpc) is 2.15. The molecule has 0 fully saturated rings. The highest BCUT2D eigenvalue weighted by atomic mass is 19.4. The van der Waals surface area contributed by atoms with Gasteiger partial charge >= 0.3 is 12.1 Å². The van der Waals surface area contributed by atoms with E-state index in [1.54, 1.807) is 0 Å². The van der Waals surface area contributed by atoms with Gasteiger partial charge in [0.2, 0.25) is 5.95 Å². The molecule has 0 radical (unpaired) electrons. The number of aliphatic carboxylic acids is 1. The van der Waals surface area contributed by atoms with Gasteiger partial charge in [-0.15, -0.1) is 0 Å². The molecule has 94 valence electrons. The number of carboxylic acid groups (broad SMARTS) is 1. The third kappa shape index (κ3) is 3.47. The summed E-state index contributed by atoms with van der Waals surface area (Å²) in [6.07, 6.45) is -4.77. The normalized spacial score (nSPS) is 13.2. The number of carboxylic acids is 1. The molecule has 1 aromatic heterocycles. The summed E-state index contributed by atoms with van der Waals surface area (Å²) in [7, 11) is 0. The smallest absolute Gasteiger partial charge is 0.433 e. The quantitative estimate of drug-likeness (QED) is 0.734. The molecule has 0 saturated carbocycles. The van der Waals surface area contributed by atoms with Crippen molar-refractivity contribution >= 4 is 11.9 Å². The van der Waals surface area contributed by atoms with E-state index in [1.165, 1.54) is 6.92 Å². The van der Waals surface area contributed by atoms with Crippen LogP contribution in [0.2, 0.25) is 0 Å². The zero-order valence-electron chi connectivity index (χ0n) is 8.50. The van der Waals surface area contributed by atoms with Gasteiger partial charge in [-0.1, -0.05) is 0 Å². The van der Waals surface area contributed by atoms with E-state index in [1.807, 2.05) is 4.98 Å². The van der Waals surface area contributed by atoms with Gasteiger partial charge in [0.1, 0.15) is 6.04 Å². The molecule has 1 heterocycles. The molecule has 0 aliphatic heterocycles. The molecule has 0 aliphatic rings. The van der Waals surface area contributed by atoms with Gasteiger partial charge in [-0.2, -0.15) is 13.2 Å². The fourth-order valence-corrected chi connectivity index (χ4v) is 0.938. The highest BCUT2D eigenvalue weighted by Crippen LogP contribution is 2.26. The molecule has 6 nitrogen and oxygen atoms in total. The number of nitrogens with zero attached hydrogens (tertiary/aromatic N) is 1. The standard InChI is InChI=1S/C8H8F3N3O3/c1-3(6(16)17)12-7-13-4(8(9,10)11)2-5(15)14-7/h2-3H,1H3,(H,16,17)(H2,12,13,14,15). The molecule has 17 heavy (non-hydrogen) atoms. The number of hydrogen-bond donors (Lipinski definition) is 3. The van der Waals surface area contributed by atoms with Crippen LogP contribution >= 0.6 is 0 Å². The summed E-state index contributed by atoms with van der Waals surface area (Å²) >= 11 is 0. The Bertz CT molecular complexity index is 483. The predicted molar refractivity (Wildman–Crippen MR) is 50.6 cm³/mol. The molecular formula is C8H8F3N3O3. The molecule has 1 rings (SSSR count). The Hall–Kier alpha value is -2.06. The molecule has 1 atom stereocenters. The molecule has 0 aromatic carbocycles. The third-order valence-electron chi connectivity index (χ3n) is 1.76. The van der Waals surface area contributed by atoms with Crippen LogP contribution in [0.1, 0.15) is 12.6 Å². The number of hydrogen-bond acceptors (Lipinski definition) is 4. The number of aromatic nitrogens is 2. The van der Waals surface area contributed by atoms with E-state index < -0.39 is 35.4 Å². The number of alkyl halides is 3. The van der Waals surface area contributed by atoms with Crippen LogP contribution in [0.4, 0.5) is 19.1 Å². The van der Waals surface area contributed by atoms with Crippen molar-refractivity contribution in [2.24, 2.45) is 0 Å². The van der Waals surface area contributed by atoms with Crippen molar-refractivity contribution in [3.8, 4) is 0 Å². The molecule has 1 unspecified atom stereocenters. The van der Waals surface area contributed by atoms with Crippen LogP contribution in [0, 0.1) is 0 Å². The molecule has 0 spiro atoms. The van der Waals surface area contributed by atoms with Crippen molar-refractivity contribution in [3.05, 3.63) is 22.1 Å². The summed E-state index contributed by atoms with van der Waals surface area (Å²) in [5.41, 5.74) is -2.41. The number of anilines is 1. The van der Waals surface area contributed by atoms with Crippen LogP contribution in [0.15, 0.2) is 10.9 Å². The van der Waals surface area contributed by atoms with E-state index in [9.17, 15) is 22.8 Å². The first-order valence-electron chi connectivity index (χ1n) is 4.38. The molecule has 0 aliphatic carbocycles. The Morgan fingerprint density at radius 2 is 2.18 bits per heavy atom. The minimum atomic E-state index is -4.77. The average molecular weight is 251 g/mol. The Morgan fingerprint density at radius 3 is 2.65 bits per heavy atom. The molecule has 9 heteroatoms. The maximum absolute atomic E-state index is 12.3. The van der Waals surface area contributed by atoms with E-state index in [-0.39, 0.29) is 6.07 Å². The SMILES string of the molecule is CC(Nc1nc(C(F)(F)F)cc(=O)[nH]1)C(=O)O. The fraction of sp³-hybridized carbons (Fsp3) is 0.375. The summed E-state index contributed by atoms with van der Waals surface area (Å²) in [5.74, 6) is -1.83. The monoisotopic (exact) mass is 251 g/mol. The minimum Gasteiger partial charge on any atom is -0.480 e. The fourth-order valence-electron chi connectivity index (χ4n) is 0.938. The lowest BCUT2D eigenvalue weighted by molar-refractivity contribution is -0.141. The van der Waals surface area contributed by atoms with Crippen molar-refractivity contribution in [2.45, 2.75) is 19.1 Å². The van der Waals surface area contributed by atoms with Gasteiger partial charge in [0.05, 0.1) is 0 Å². The van der Waals surface area contributed by atoms with Gasteiger partial charge < -0.3 is 10.4 Å². The van der Waals surface area contributed by atoms with Gasteiger partial charge in [0.25, 0.3) is 5.56 Å². The number of nitrogens with one attached hydrogen (secondary N) is 2. The summed E-state index contributed by atoms with van der Waals surface area (Å²) in [6.45, 7) is 1.20. The van der Waals surface area contributed by atoms with Gasteiger partial charge in [0.15, 0.2) is 5.69 Å². The van der Waals surface area contributed by atoms with Crippen molar-refractivity contribution in [3.63, 3.8) is 0 Å². The Balaban J connectivity index is 3.06. The lowest BCUT2D eigenvalue weighted by Gasteiger charge is -2.11. The molecule has 3 N–H and O–H groups in total. The van der Waals surface area contributed by atoms with Crippen LogP contribution in [0.3, 0.4) is 0 Å². The van der Waals surface area contributed by atoms with Gasteiger partial charge in [0, 0.05) is 6.07 Å². The third-order valence-corrected chi connectivity index (χ3v) is 1.76. The summed E-state index contributed by atoms with van der Waals surface area (Å²) < 4.78 is 36.9. The first kappa shape index (κ1) is 13.0. The van der Waals surface area contributed by atoms with Crippen LogP contribution < -0.4 is 10.9 Å². The van der Waals surface area contributed by atoms with Gasteiger partial charge in [-0.3, -0.25) is 14.6 Å². The second kappa shape index (κ2) is 4.44. The highest BCUT2D eigenvalue weighted by molar-refractivity contribution is 5.75. The summed E-state index contributed by atoms with van der Waals surface area (Å²) in [5, 5.41) is 10.7. The van der Waals surface area contributed by atoms with E-state index in [4.69, 9.17) is 5.11 Å². The van der Waals surface area contributed by atoms with Gasteiger partial charge in [-0.25, -0.2) is 4.98 Å². The van der Waals surface area contributed by atoms with Crippen LogP contribution in [0.5, 0.6) is 0 Å². The van der Waals surface area contributed by atoms with Crippen LogP contribution in [0.25, 0.3) is 0 Å². The Morgan fingerprint density at radius 1 is 1.59 bits per heavy atom. The highest BCUT2D eigenvalue weighted by Gasteiger charge is 2.33. The van der Waals surface area contributed by atoms with E-state index in [0.29, 0.717) is 0 Å². The summed E-state index contributed by atoms with van der Waals surface area (Å²) in [4.78, 5) is 26.4. The Labute approximate surface area is 92.5 Å². The number of aromatic amines is 1. The van der Waals surface area contributed by atoms with Crippen molar-refractivity contribution in [2.75, 3.05) is 5.32 Å². The van der Waals surface area contributed by atoms with E-state index >= 15 is 0 Å². The zero-order valence-corrected chi connectivity index (χ0v) is 8.50. The van der Waals surface area contributed by atoms with Crippen LogP contribution in [-0.4, -0.2) is 27.1 Å². The Kier molecular flexibility index (Phi) is 3.39. The number of H-pyrrole nitrogens is 1. The van der Waals surface area contributed by atoms with Crippen molar-refractivity contribution in [1.82, 2.24) is 9.97 Å². The topological polar surface area (TPSA) is 95.1 Å². The van der Waals surface area contributed by atoms with E-state index in [2.05, 4.69) is 10.3 Å². The molecular weight excluding hydrogens is 243 g/mol. The second-order valence-corrected chi connectivity index (χ2v) is 3.18. The van der Waals surface area contributed by atoms with Crippen molar-refractivity contribution in [1.29, 1.82) is 0 Å². The number of halogens is 3. The first-order chi connectivity index (χ1) is 7.70. The number of carbonyl (C=O) groups is 1. The maximum atomic E-state index is 12.3. The number of rotatable bonds is 3. The second-order valence-electron chi connectivity index (χ2n) is 3.18. The molecule has 1 aromatic rings. The maximum Gasteiger partial charge on any atom is 0.433 e. The van der Waals surface area contributed by atoms with Crippen molar-refractivity contribution < 1.29 is 23.1 Å². The lowest BCUT2D eigenvalue weighted by atomic mass is 10.3. The predicted octanol–water partition coefficient (Wildman–Crippen LogP) is 0.674. The van der Waals surface area contributed by atoms with E-state index in [0.717, 1.165) is 0 Å². The minimum absolute atomic E-state index is 0.288. The first-order valence-corrected chi connectivity index (χ1v) is 4.38. The summed E-state index contributed by atoms with van der Waals surface area (Å²) in [6, 6.07) is -0.891. The lowest BCUT2D eigenvalue weighted by Crippen LogP contribution is -2.28. The van der Waals surface area contributed by atoms with Gasteiger partial charge in [-0.05, 0) is 6.92 Å². The van der Waals surface area contributed by atoms with Crippen LogP contribution in [-0.2, 0) is 11.0 Å². The molecule has 0 saturated heterocycles. The largest absolute Gasteiger partial charge is 0.480 e. The molecule has 0 bridgehead atoms. The zero-order chi connectivity index (χ0) is 13.2.